The number of hydrogen-bond acceptors (Lipinski definition) is 3. The minimum absolute atomic E-state index is 0.00363. The number of rotatable bonds is 7. The Hall–Kier alpha value is -1.30. The van der Waals surface area contributed by atoms with Gasteiger partial charge >= 0.3 is 6.09 Å². The maximum absolute atomic E-state index is 12.4. The van der Waals surface area contributed by atoms with E-state index in [4.69, 9.17) is 21.1 Å². The molecule has 1 aromatic carbocycles. The smallest absolute Gasteiger partial charge is 0.410 e. The minimum atomic E-state index is -1.14. The van der Waals surface area contributed by atoms with Crippen LogP contribution < -0.4 is 0 Å². The van der Waals surface area contributed by atoms with Crippen LogP contribution >= 0.6 is 11.6 Å². The Morgan fingerprint density at radius 3 is 2.64 bits per heavy atom. The molecule has 3 unspecified atom stereocenters. The summed E-state index contributed by atoms with van der Waals surface area (Å²) in [6, 6.07) is 7.29. The van der Waals surface area contributed by atoms with Crippen LogP contribution in [0.5, 0.6) is 0 Å². The lowest BCUT2D eigenvalue weighted by molar-refractivity contribution is -0.215. The Bertz CT molecular complexity index is 625. The lowest BCUT2D eigenvalue weighted by atomic mass is 9.89. The number of carbonyl (C=O) groups is 1. The van der Waals surface area contributed by atoms with Gasteiger partial charge in [0.05, 0.1) is 0 Å². The van der Waals surface area contributed by atoms with Crippen LogP contribution in [0.3, 0.4) is 0 Å². The summed E-state index contributed by atoms with van der Waals surface area (Å²) in [5.74, 6) is 1.03. The quantitative estimate of drug-likeness (QED) is 0.710. The zero-order valence-corrected chi connectivity index (χ0v) is 15.5. The molecule has 0 heterocycles. The Morgan fingerprint density at radius 2 is 2.12 bits per heavy atom. The molecule has 2 fully saturated rings. The standard InChI is InChI=1S/C19H26ClNO4/c1-3-19(25-12-24-2,15-6-4-5-7-16(15)20)21(18(22)23)17-11-13-8-9-14(17)10-13/h4-7,13-14,17H,3,8-12H2,1-2H3,(H,22,23)/t13?,14?,17?,19-/m1/s1. The van der Waals surface area contributed by atoms with Crippen LogP contribution in [0.2, 0.25) is 5.02 Å². The fourth-order valence-corrected chi connectivity index (χ4v) is 5.05. The Kier molecular flexibility index (Phi) is 5.56. The molecule has 0 spiro atoms. The number of ether oxygens (including phenoxy) is 2. The maximum atomic E-state index is 12.4. The lowest BCUT2D eigenvalue weighted by Crippen LogP contribution is -2.57. The van der Waals surface area contributed by atoms with Crippen molar-refractivity contribution >= 4 is 17.7 Å². The van der Waals surface area contributed by atoms with E-state index in [9.17, 15) is 9.90 Å². The topological polar surface area (TPSA) is 59.0 Å². The number of halogens is 1. The van der Waals surface area contributed by atoms with Gasteiger partial charge in [0.1, 0.15) is 6.79 Å². The SMILES string of the molecule is CC[C@@](OCOC)(c1ccccc1Cl)N(C(=O)O)C1CC2CCC1C2. The van der Waals surface area contributed by atoms with E-state index in [2.05, 4.69) is 0 Å². The zero-order chi connectivity index (χ0) is 18.0. The van der Waals surface area contributed by atoms with Gasteiger partial charge in [0.2, 0.25) is 0 Å². The van der Waals surface area contributed by atoms with E-state index in [1.807, 2.05) is 25.1 Å². The van der Waals surface area contributed by atoms with Crippen molar-refractivity contribution in [3.05, 3.63) is 34.9 Å². The van der Waals surface area contributed by atoms with Gasteiger partial charge in [-0.15, -0.1) is 0 Å². The summed E-state index contributed by atoms with van der Waals surface area (Å²) in [6.07, 6.45) is 3.81. The molecule has 1 aromatic rings. The van der Waals surface area contributed by atoms with Gasteiger partial charge in [-0.25, -0.2) is 4.79 Å². The first-order chi connectivity index (χ1) is 12.0. The van der Waals surface area contributed by atoms with Crippen LogP contribution in [-0.4, -0.2) is 36.0 Å². The highest BCUT2D eigenvalue weighted by molar-refractivity contribution is 6.31. The number of carboxylic acid groups (broad SMARTS) is 1. The van der Waals surface area contributed by atoms with Crippen LogP contribution in [0.15, 0.2) is 24.3 Å². The number of fused-ring (bicyclic) bond motifs is 2. The van der Waals surface area contributed by atoms with Crippen LogP contribution in [0.25, 0.3) is 0 Å². The fraction of sp³-hybridized carbons (Fsp3) is 0.632. The molecule has 2 saturated carbocycles. The molecule has 1 N–H and O–H groups in total. The van der Waals surface area contributed by atoms with Gasteiger partial charge in [-0.2, -0.15) is 0 Å². The van der Waals surface area contributed by atoms with Crippen molar-refractivity contribution in [3.8, 4) is 0 Å². The number of amides is 1. The summed E-state index contributed by atoms with van der Waals surface area (Å²) in [7, 11) is 1.54. The average Bonchev–Trinajstić information content (AvgIpc) is 3.22. The summed E-state index contributed by atoms with van der Waals surface area (Å²) in [6.45, 7) is 1.94. The van der Waals surface area contributed by atoms with E-state index < -0.39 is 11.8 Å². The first kappa shape index (κ1) is 18.5. The Morgan fingerprint density at radius 1 is 1.36 bits per heavy atom. The van der Waals surface area contributed by atoms with E-state index in [0.29, 0.717) is 28.8 Å². The van der Waals surface area contributed by atoms with E-state index in [1.165, 1.54) is 18.4 Å². The Labute approximate surface area is 153 Å². The predicted molar refractivity (Wildman–Crippen MR) is 95.5 cm³/mol. The normalized spacial score (nSPS) is 27.2. The molecule has 2 bridgehead atoms. The average molecular weight is 368 g/mol. The second-order valence-corrected chi connectivity index (χ2v) is 7.47. The maximum Gasteiger partial charge on any atom is 0.410 e. The summed E-state index contributed by atoms with van der Waals surface area (Å²) in [5, 5.41) is 10.7. The number of methoxy groups -OCH3 is 1. The molecule has 1 amide bonds. The molecule has 2 aliphatic carbocycles. The summed E-state index contributed by atoms with van der Waals surface area (Å²) < 4.78 is 11.2. The van der Waals surface area contributed by atoms with Crippen molar-refractivity contribution in [1.82, 2.24) is 4.90 Å². The van der Waals surface area contributed by atoms with Gasteiger partial charge in [-0.05, 0) is 43.6 Å². The third kappa shape index (κ3) is 3.25. The highest BCUT2D eigenvalue weighted by Gasteiger charge is 2.52. The molecule has 6 heteroatoms. The lowest BCUT2D eigenvalue weighted by Gasteiger charge is -2.47. The van der Waals surface area contributed by atoms with Gasteiger partial charge in [0.25, 0.3) is 0 Å². The first-order valence-electron chi connectivity index (χ1n) is 8.93. The first-order valence-corrected chi connectivity index (χ1v) is 9.31. The predicted octanol–water partition coefficient (Wildman–Crippen LogP) is 4.69. The molecule has 4 atom stereocenters. The van der Waals surface area contributed by atoms with Crippen molar-refractivity contribution in [2.24, 2.45) is 11.8 Å². The second kappa shape index (κ2) is 7.52. The van der Waals surface area contributed by atoms with E-state index >= 15 is 0 Å². The van der Waals surface area contributed by atoms with Crippen LogP contribution in [0.4, 0.5) is 4.79 Å². The molecular formula is C19H26ClNO4. The monoisotopic (exact) mass is 367 g/mol. The van der Waals surface area contributed by atoms with E-state index in [-0.39, 0.29) is 12.8 Å². The van der Waals surface area contributed by atoms with Crippen LogP contribution in [0.1, 0.15) is 44.6 Å². The molecule has 2 aliphatic rings. The summed E-state index contributed by atoms with van der Waals surface area (Å²) in [5.41, 5.74) is -0.462. The highest BCUT2D eigenvalue weighted by atomic mass is 35.5. The fourth-order valence-electron chi connectivity index (χ4n) is 4.77. The van der Waals surface area contributed by atoms with Crippen molar-refractivity contribution in [2.75, 3.05) is 13.9 Å². The van der Waals surface area contributed by atoms with Gasteiger partial charge in [-0.1, -0.05) is 43.1 Å². The largest absolute Gasteiger partial charge is 0.465 e. The molecule has 138 valence electrons. The van der Waals surface area contributed by atoms with Crippen molar-refractivity contribution < 1.29 is 19.4 Å². The van der Waals surface area contributed by atoms with Gasteiger partial charge in [0, 0.05) is 23.7 Å². The van der Waals surface area contributed by atoms with Gasteiger partial charge in [-0.3, -0.25) is 4.90 Å². The van der Waals surface area contributed by atoms with Crippen molar-refractivity contribution in [1.29, 1.82) is 0 Å². The summed E-state index contributed by atoms with van der Waals surface area (Å²) >= 11 is 6.46. The minimum Gasteiger partial charge on any atom is -0.465 e. The second-order valence-electron chi connectivity index (χ2n) is 7.06. The van der Waals surface area contributed by atoms with Gasteiger partial charge < -0.3 is 14.6 Å². The third-order valence-corrected chi connectivity index (χ3v) is 6.15. The molecule has 0 aromatic heterocycles. The molecule has 0 radical (unpaired) electrons. The van der Waals surface area contributed by atoms with Crippen LogP contribution in [0, 0.1) is 11.8 Å². The third-order valence-electron chi connectivity index (χ3n) is 5.82. The Balaban J connectivity index is 2.07. The van der Waals surface area contributed by atoms with E-state index in [0.717, 1.165) is 19.3 Å². The van der Waals surface area contributed by atoms with E-state index in [1.54, 1.807) is 6.07 Å². The molecule has 0 saturated heterocycles. The van der Waals surface area contributed by atoms with Gasteiger partial charge in [0.15, 0.2) is 5.72 Å². The molecule has 3 rings (SSSR count). The molecule has 5 nitrogen and oxygen atoms in total. The highest BCUT2D eigenvalue weighted by Crippen LogP contribution is 2.50. The van der Waals surface area contributed by atoms with Crippen LogP contribution in [-0.2, 0) is 15.2 Å². The van der Waals surface area contributed by atoms with Crippen molar-refractivity contribution in [3.63, 3.8) is 0 Å². The molecule has 0 aliphatic heterocycles. The zero-order valence-electron chi connectivity index (χ0n) is 14.8. The number of benzene rings is 1. The molecule has 25 heavy (non-hydrogen) atoms. The van der Waals surface area contributed by atoms with Crippen molar-refractivity contribution in [2.45, 2.75) is 50.8 Å². The number of nitrogens with zero attached hydrogens (tertiary/aromatic N) is 1. The molecular weight excluding hydrogens is 342 g/mol. The number of hydrogen-bond donors (Lipinski definition) is 1. The summed E-state index contributed by atoms with van der Waals surface area (Å²) in [4.78, 5) is 13.9.